The summed E-state index contributed by atoms with van der Waals surface area (Å²) in [5.41, 5.74) is 13.7. The number of hydrogen-bond donors (Lipinski definition) is 0. The summed E-state index contributed by atoms with van der Waals surface area (Å²) in [6.07, 6.45) is 0. The van der Waals surface area contributed by atoms with E-state index in [1.165, 1.54) is 87.6 Å². The van der Waals surface area contributed by atoms with Gasteiger partial charge in [0.25, 0.3) is 0 Å². The molecule has 1 heterocycles. The quantitative estimate of drug-likeness (QED) is 0.158. The third-order valence-corrected chi connectivity index (χ3v) is 9.77. The van der Waals surface area contributed by atoms with Crippen LogP contribution in [0.1, 0.15) is 41.7 Å². The SMILES string of the molecule is Cc1cc(C)c(-c2ccc3ccc4c5c(cc6ccc2c3c64)B(c2ccccc2)c2ccccc2C5(C)C)c(C)c1. The fourth-order valence-electron chi connectivity index (χ4n) is 8.27. The van der Waals surface area contributed by atoms with E-state index >= 15 is 0 Å². The summed E-state index contributed by atoms with van der Waals surface area (Å²) in [6, 6.07) is 41.5. The molecule has 0 aliphatic carbocycles. The first-order valence-corrected chi connectivity index (χ1v) is 14.8. The minimum absolute atomic E-state index is 0.119. The second-order valence-corrected chi connectivity index (χ2v) is 12.7. The maximum Gasteiger partial charge on any atom is 0.242 e. The van der Waals surface area contributed by atoms with Crippen LogP contribution in [0.4, 0.5) is 0 Å². The number of hydrogen-bond acceptors (Lipinski definition) is 0. The highest BCUT2D eigenvalue weighted by Gasteiger charge is 2.41. The molecule has 0 spiro atoms. The minimum atomic E-state index is -0.119. The molecule has 1 aliphatic rings. The van der Waals surface area contributed by atoms with Crippen LogP contribution >= 0.6 is 0 Å². The Balaban J connectivity index is 1.51. The summed E-state index contributed by atoms with van der Waals surface area (Å²) in [4.78, 5) is 0. The van der Waals surface area contributed by atoms with Crippen molar-refractivity contribution in [3.63, 3.8) is 0 Å². The Morgan fingerprint density at radius 2 is 1.20 bits per heavy atom. The second kappa shape index (κ2) is 8.57. The molecule has 41 heavy (non-hydrogen) atoms. The van der Waals surface area contributed by atoms with Crippen molar-refractivity contribution in [2.75, 3.05) is 0 Å². The normalized spacial score (nSPS) is 14.1. The van der Waals surface area contributed by atoms with Crippen LogP contribution in [0.15, 0.2) is 109 Å². The highest BCUT2D eigenvalue weighted by atomic mass is 14.4. The van der Waals surface area contributed by atoms with Crippen LogP contribution in [0.5, 0.6) is 0 Å². The predicted octanol–water partition coefficient (Wildman–Crippen LogP) is 8.33. The van der Waals surface area contributed by atoms with Crippen LogP contribution in [-0.2, 0) is 5.41 Å². The molecule has 0 radical (unpaired) electrons. The molecule has 0 atom stereocenters. The van der Waals surface area contributed by atoms with Crippen LogP contribution < -0.4 is 16.4 Å². The maximum absolute atomic E-state index is 2.51. The van der Waals surface area contributed by atoms with Crippen molar-refractivity contribution in [3.8, 4) is 11.1 Å². The van der Waals surface area contributed by atoms with E-state index in [1.54, 1.807) is 0 Å². The highest BCUT2D eigenvalue weighted by molar-refractivity contribution is 6.96. The summed E-state index contributed by atoms with van der Waals surface area (Å²) in [5, 5.41) is 8.20. The molecule has 0 bridgehead atoms. The van der Waals surface area contributed by atoms with E-state index in [4.69, 9.17) is 0 Å². The van der Waals surface area contributed by atoms with Gasteiger partial charge in [0.1, 0.15) is 0 Å². The molecular weight excluding hydrogens is 491 g/mol. The third kappa shape index (κ3) is 3.36. The van der Waals surface area contributed by atoms with Crippen molar-refractivity contribution in [1.82, 2.24) is 0 Å². The predicted molar refractivity (Wildman–Crippen MR) is 179 cm³/mol. The van der Waals surface area contributed by atoms with Gasteiger partial charge in [-0.05, 0) is 86.5 Å². The summed E-state index contributed by atoms with van der Waals surface area (Å²) in [7, 11) is 0. The molecule has 196 valence electrons. The standard InChI is InChI=1S/C40H33B/c1-24-21-25(2)36(26(3)22-24)30-18-15-27-16-20-32-38-28(17-19-31(30)37(27)38)23-35-39(32)40(4,5)33-13-9-10-14-34(33)41(35)29-11-7-6-8-12-29/h6-23H,1-5H3. The summed E-state index contributed by atoms with van der Waals surface area (Å²) in [5.74, 6) is 0. The van der Waals surface area contributed by atoms with E-state index in [2.05, 4.69) is 144 Å². The summed E-state index contributed by atoms with van der Waals surface area (Å²) >= 11 is 0. The molecule has 7 aromatic rings. The van der Waals surface area contributed by atoms with Gasteiger partial charge >= 0.3 is 0 Å². The Kier molecular flexibility index (Phi) is 5.11. The van der Waals surface area contributed by atoms with Gasteiger partial charge in [0.05, 0.1) is 0 Å². The fraction of sp³-hybridized carbons (Fsp3) is 0.150. The Morgan fingerprint density at radius 3 is 1.98 bits per heavy atom. The largest absolute Gasteiger partial charge is 0.242 e. The molecule has 0 N–H and O–H groups in total. The van der Waals surface area contributed by atoms with Gasteiger partial charge in [-0.3, -0.25) is 0 Å². The molecule has 0 amide bonds. The lowest BCUT2D eigenvalue weighted by Gasteiger charge is -2.40. The van der Waals surface area contributed by atoms with Gasteiger partial charge < -0.3 is 0 Å². The van der Waals surface area contributed by atoms with Gasteiger partial charge in [-0.25, -0.2) is 0 Å². The molecule has 0 saturated carbocycles. The smallest absolute Gasteiger partial charge is 0.0686 e. The lowest BCUT2D eigenvalue weighted by molar-refractivity contribution is 0.652. The molecule has 7 aromatic carbocycles. The molecule has 1 aliphatic heterocycles. The van der Waals surface area contributed by atoms with Gasteiger partial charge in [-0.15, -0.1) is 0 Å². The Morgan fingerprint density at radius 1 is 0.561 bits per heavy atom. The molecule has 1 heteroatoms. The number of benzene rings is 7. The van der Waals surface area contributed by atoms with E-state index < -0.39 is 0 Å². The van der Waals surface area contributed by atoms with E-state index in [-0.39, 0.29) is 12.1 Å². The third-order valence-electron chi connectivity index (χ3n) is 9.77. The van der Waals surface area contributed by atoms with E-state index in [1.807, 2.05) is 0 Å². The zero-order chi connectivity index (χ0) is 28.0. The second-order valence-electron chi connectivity index (χ2n) is 12.7. The molecule has 0 nitrogen and oxygen atoms in total. The van der Waals surface area contributed by atoms with Gasteiger partial charge in [0.15, 0.2) is 0 Å². The van der Waals surface area contributed by atoms with Crippen LogP contribution in [0.25, 0.3) is 43.4 Å². The molecular formula is C40H33B. The van der Waals surface area contributed by atoms with E-state index in [0.717, 1.165) is 0 Å². The van der Waals surface area contributed by atoms with Crippen LogP contribution in [0.3, 0.4) is 0 Å². The van der Waals surface area contributed by atoms with Gasteiger partial charge in [0, 0.05) is 5.41 Å². The topological polar surface area (TPSA) is 0 Å². The Labute approximate surface area is 243 Å². The van der Waals surface area contributed by atoms with Crippen molar-refractivity contribution < 1.29 is 0 Å². The average molecular weight is 525 g/mol. The van der Waals surface area contributed by atoms with Crippen molar-refractivity contribution >= 4 is 55.4 Å². The van der Waals surface area contributed by atoms with Crippen molar-refractivity contribution in [3.05, 3.63) is 137 Å². The molecule has 0 unspecified atom stereocenters. The lowest BCUT2D eigenvalue weighted by atomic mass is 9.31. The number of fused-ring (bicyclic) bond motifs is 3. The Hall–Kier alpha value is -4.36. The first-order valence-electron chi connectivity index (χ1n) is 14.8. The van der Waals surface area contributed by atoms with Crippen LogP contribution in [0, 0.1) is 20.8 Å². The molecule has 0 aromatic heterocycles. The summed E-state index contributed by atoms with van der Waals surface area (Å²) in [6.45, 7) is 11.8. The fourth-order valence-corrected chi connectivity index (χ4v) is 8.27. The monoisotopic (exact) mass is 524 g/mol. The van der Waals surface area contributed by atoms with Crippen molar-refractivity contribution in [2.24, 2.45) is 0 Å². The van der Waals surface area contributed by atoms with Crippen LogP contribution in [-0.4, -0.2) is 6.71 Å². The number of aryl methyl sites for hydroxylation is 3. The minimum Gasteiger partial charge on any atom is -0.0686 e. The maximum atomic E-state index is 2.51. The van der Waals surface area contributed by atoms with Crippen molar-refractivity contribution in [2.45, 2.75) is 40.0 Å². The van der Waals surface area contributed by atoms with E-state index in [9.17, 15) is 0 Å². The zero-order valence-corrected chi connectivity index (χ0v) is 24.5. The molecule has 8 rings (SSSR count). The molecule has 0 saturated heterocycles. The first kappa shape index (κ1) is 24.4. The Bertz CT molecular complexity index is 2130. The van der Waals surface area contributed by atoms with Crippen LogP contribution in [0.2, 0.25) is 0 Å². The molecule has 0 fully saturated rings. The first-order chi connectivity index (χ1) is 19.8. The number of rotatable bonds is 2. The van der Waals surface area contributed by atoms with Crippen molar-refractivity contribution in [1.29, 1.82) is 0 Å². The average Bonchev–Trinajstić information content (AvgIpc) is 2.96. The zero-order valence-electron chi connectivity index (χ0n) is 24.5. The summed E-state index contributed by atoms with van der Waals surface area (Å²) < 4.78 is 0. The van der Waals surface area contributed by atoms with E-state index in [0.29, 0.717) is 0 Å². The van der Waals surface area contributed by atoms with Gasteiger partial charge in [-0.2, -0.15) is 0 Å². The van der Waals surface area contributed by atoms with Gasteiger partial charge in [0.2, 0.25) is 6.71 Å². The van der Waals surface area contributed by atoms with Gasteiger partial charge in [-0.1, -0.05) is 145 Å². The lowest BCUT2D eigenvalue weighted by Crippen LogP contribution is -2.60. The highest BCUT2D eigenvalue weighted by Crippen LogP contribution is 2.45.